The molecule has 0 spiro atoms. The Bertz CT molecular complexity index is 495. The summed E-state index contributed by atoms with van der Waals surface area (Å²) in [4.78, 5) is 0. The van der Waals surface area contributed by atoms with Crippen LogP contribution in [0.4, 0.5) is 0 Å². The Labute approximate surface area is 101 Å². The molecule has 1 heterocycles. The molecule has 1 aromatic heterocycles. The maximum atomic E-state index is 5.52. The van der Waals surface area contributed by atoms with Gasteiger partial charge in [0.2, 0.25) is 0 Å². The van der Waals surface area contributed by atoms with E-state index in [1.54, 1.807) is 13.3 Å². The highest BCUT2D eigenvalue weighted by atomic mass is 16.5. The predicted molar refractivity (Wildman–Crippen MR) is 68.1 cm³/mol. The van der Waals surface area contributed by atoms with Gasteiger partial charge in [-0.1, -0.05) is 26.0 Å². The van der Waals surface area contributed by atoms with Crippen molar-refractivity contribution >= 4 is 0 Å². The quantitative estimate of drug-likeness (QED) is 0.808. The van der Waals surface area contributed by atoms with Crippen molar-refractivity contribution in [2.45, 2.75) is 19.8 Å². The Morgan fingerprint density at radius 1 is 1.12 bits per heavy atom. The van der Waals surface area contributed by atoms with Crippen molar-refractivity contribution in [3.8, 4) is 17.0 Å². The van der Waals surface area contributed by atoms with Gasteiger partial charge < -0.3 is 4.74 Å². The molecule has 2 rings (SSSR count). The Kier molecular flexibility index (Phi) is 3.38. The van der Waals surface area contributed by atoms with Crippen LogP contribution in [0.15, 0.2) is 36.5 Å². The Hall–Kier alpha value is -1.90. The number of ether oxygens (including phenoxy) is 1. The Balaban J connectivity index is 2.59. The van der Waals surface area contributed by atoms with E-state index in [1.807, 2.05) is 24.3 Å². The lowest BCUT2D eigenvalue weighted by atomic mass is 9.98. The van der Waals surface area contributed by atoms with E-state index in [4.69, 9.17) is 4.74 Å². The minimum absolute atomic E-state index is 0.418. The molecule has 0 amide bonds. The summed E-state index contributed by atoms with van der Waals surface area (Å²) < 4.78 is 5.52. The summed E-state index contributed by atoms with van der Waals surface area (Å²) in [7, 11) is 1.70. The fourth-order valence-electron chi connectivity index (χ4n) is 1.88. The van der Waals surface area contributed by atoms with Crippen LogP contribution in [0.3, 0.4) is 0 Å². The van der Waals surface area contributed by atoms with E-state index in [0.29, 0.717) is 5.92 Å². The van der Waals surface area contributed by atoms with Gasteiger partial charge in [0.15, 0.2) is 0 Å². The van der Waals surface area contributed by atoms with Crippen LogP contribution < -0.4 is 4.74 Å². The molecule has 88 valence electrons. The van der Waals surface area contributed by atoms with Gasteiger partial charge in [0, 0.05) is 11.8 Å². The zero-order valence-corrected chi connectivity index (χ0v) is 10.3. The first-order valence-electron chi connectivity index (χ1n) is 5.69. The molecule has 0 radical (unpaired) electrons. The number of hydrogen-bond acceptors (Lipinski definition) is 3. The molecule has 0 aliphatic carbocycles. The normalized spacial score (nSPS) is 10.6. The highest BCUT2D eigenvalue weighted by molar-refractivity contribution is 5.69. The van der Waals surface area contributed by atoms with Gasteiger partial charge in [-0.3, -0.25) is 0 Å². The van der Waals surface area contributed by atoms with Crippen molar-refractivity contribution in [3.05, 3.63) is 42.1 Å². The smallest absolute Gasteiger partial charge is 0.131 e. The fraction of sp³-hybridized carbons (Fsp3) is 0.286. The van der Waals surface area contributed by atoms with Crippen LogP contribution in [0.1, 0.15) is 25.3 Å². The van der Waals surface area contributed by atoms with Gasteiger partial charge in [-0.05, 0) is 29.7 Å². The molecule has 0 aliphatic heterocycles. The van der Waals surface area contributed by atoms with E-state index in [0.717, 1.165) is 17.0 Å². The van der Waals surface area contributed by atoms with E-state index in [-0.39, 0.29) is 0 Å². The second-order valence-electron chi connectivity index (χ2n) is 4.19. The van der Waals surface area contributed by atoms with Gasteiger partial charge in [0.1, 0.15) is 5.75 Å². The number of benzene rings is 1. The van der Waals surface area contributed by atoms with Gasteiger partial charge in [-0.2, -0.15) is 10.2 Å². The predicted octanol–water partition coefficient (Wildman–Crippen LogP) is 3.28. The van der Waals surface area contributed by atoms with Crippen LogP contribution in [0.5, 0.6) is 5.75 Å². The van der Waals surface area contributed by atoms with Gasteiger partial charge in [-0.25, -0.2) is 0 Å². The second-order valence-corrected chi connectivity index (χ2v) is 4.19. The van der Waals surface area contributed by atoms with Crippen molar-refractivity contribution < 1.29 is 4.74 Å². The lowest BCUT2D eigenvalue weighted by Gasteiger charge is -2.15. The maximum absolute atomic E-state index is 5.52. The number of nitrogens with zero attached hydrogens (tertiary/aromatic N) is 2. The van der Waals surface area contributed by atoms with Gasteiger partial charge >= 0.3 is 0 Å². The molecule has 0 bridgehead atoms. The molecule has 0 saturated heterocycles. The van der Waals surface area contributed by atoms with Crippen molar-refractivity contribution in [2.75, 3.05) is 7.11 Å². The van der Waals surface area contributed by atoms with E-state index >= 15 is 0 Å². The number of methoxy groups -OCH3 is 1. The average Bonchev–Trinajstić information content (AvgIpc) is 2.38. The summed E-state index contributed by atoms with van der Waals surface area (Å²) in [6, 6.07) is 9.94. The molecule has 0 aliphatic rings. The first kappa shape index (κ1) is 11.6. The SMILES string of the molecule is COc1c(-c2cccnn2)cccc1C(C)C. The molecular weight excluding hydrogens is 212 g/mol. The lowest BCUT2D eigenvalue weighted by molar-refractivity contribution is 0.409. The zero-order valence-electron chi connectivity index (χ0n) is 10.3. The second kappa shape index (κ2) is 4.95. The zero-order chi connectivity index (χ0) is 12.3. The van der Waals surface area contributed by atoms with Crippen molar-refractivity contribution in [3.63, 3.8) is 0 Å². The van der Waals surface area contributed by atoms with Crippen LogP contribution in [0.25, 0.3) is 11.3 Å². The largest absolute Gasteiger partial charge is 0.496 e. The van der Waals surface area contributed by atoms with Crippen molar-refractivity contribution in [1.29, 1.82) is 0 Å². The first-order valence-corrected chi connectivity index (χ1v) is 5.69. The van der Waals surface area contributed by atoms with Crippen LogP contribution in [0.2, 0.25) is 0 Å². The summed E-state index contributed by atoms with van der Waals surface area (Å²) >= 11 is 0. The third kappa shape index (κ3) is 2.28. The van der Waals surface area contributed by atoms with Crippen LogP contribution in [-0.4, -0.2) is 17.3 Å². The minimum atomic E-state index is 0.418. The third-order valence-electron chi connectivity index (χ3n) is 2.72. The first-order chi connectivity index (χ1) is 8.24. The van der Waals surface area contributed by atoms with Crippen LogP contribution in [-0.2, 0) is 0 Å². The molecule has 0 unspecified atom stereocenters. The topological polar surface area (TPSA) is 35.0 Å². The summed E-state index contributed by atoms with van der Waals surface area (Å²) in [5.74, 6) is 1.31. The Morgan fingerprint density at radius 2 is 1.94 bits per heavy atom. The number of rotatable bonds is 3. The molecule has 0 fully saturated rings. The standard InChI is InChI=1S/C14H16N2O/c1-10(2)11-6-4-7-12(14(11)17-3)13-8-5-9-15-16-13/h4-10H,1-3H3. The van der Waals surface area contributed by atoms with Crippen molar-refractivity contribution in [1.82, 2.24) is 10.2 Å². The summed E-state index contributed by atoms with van der Waals surface area (Å²) in [5, 5.41) is 8.03. The van der Waals surface area contributed by atoms with E-state index in [9.17, 15) is 0 Å². The summed E-state index contributed by atoms with van der Waals surface area (Å²) in [5.41, 5.74) is 3.02. The highest BCUT2D eigenvalue weighted by Gasteiger charge is 2.13. The van der Waals surface area contributed by atoms with Gasteiger partial charge in [-0.15, -0.1) is 0 Å². The number of hydrogen-bond donors (Lipinski definition) is 0. The molecule has 3 heteroatoms. The lowest BCUT2D eigenvalue weighted by Crippen LogP contribution is -1.97. The maximum Gasteiger partial charge on any atom is 0.131 e. The van der Waals surface area contributed by atoms with Crippen LogP contribution >= 0.6 is 0 Å². The third-order valence-corrected chi connectivity index (χ3v) is 2.72. The molecule has 0 N–H and O–H groups in total. The average molecular weight is 228 g/mol. The van der Waals surface area contributed by atoms with E-state index < -0.39 is 0 Å². The molecule has 0 atom stereocenters. The Morgan fingerprint density at radius 3 is 2.53 bits per heavy atom. The summed E-state index contributed by atoms with van der Waals surface area (Å²) in [6.45, 7) is 4.30. The monoisotopic (exact) mass is 228 g/mol. The van der Waals surface area contributed by atoms with Crippen LogP contribution in [0, 0.1) is 0 Å². The molecular formula is C14H16N2O. The fourth-order valence-corrected chi connectivity index (χ4v) is 1.88. The number of aromatic nitrogens is 2. The highest BCUT2D eigenvalue weighted by Crippen LogP contribution is 2.35. The van der Waals surface area contributed by atoms with Gasteiger partial charge in [0.05, 0.1) is 12.8 Å². The van der Waals surface area contributed by atoms with E-state index in [2.05, 4.69) is 30.1 Å². The van der Waals surface area contributed by atoms with Crippen molar-refractivity contribution in [2.24, 2.45) is 0 Å². The molecule has 1 aromatic carbocycles. The summed E-state index contributed by atoms with van der Waals surface area (Å²) in [6.07, 6.45) is 1.67. The molecule has 17 heavy (non-hydrogen) atoms. The molecule has 2 aromatic rings. The molecule has 3 nitrogen and oxygen atoms in total. The van der Waals surface area contributed by atoms with E-state index in [1.165, 1.54) is 5.56 Å². The molecule has 0 saturated carbocycles. The number of para-hydroxylation sites is 1. The minimum Gasteiger partial charge on any atom is -0.496 e. The van der Waals surface area contributed by atoms with Gasteiger partial charge in [0.25, 0.3) is 0 Å².